The van der Waals surface area contributed by atoms with Gasteiger partial charge in [0.25, 0.3) is 5.91 Å². The van der Waals surface area contributed by atoms with Crippen LogP contribution in [0.1, 0.15) is 21.9 Å². The van der Waals surface area contributed by atoms with E-state index in [4.69, 9.17) is 9.47 Å². The highest BCUT2D eigenvalue weighted by Crippen LogP contribution is 2.28. The average molecular weight is 356 g/mol. The highest BCUT2D eigenvalue weighted by atomic mass is 16.5. The van der Waals surface area contributed by atoms with Gasteiger partial charge in [0, 0.05) is 43.5 Å². The molecule has 1 saturated heterocycles. The lowest BCUT2D eigenvalue weighted by atomic mass is 10.1. The van der Waals surface area contributed by atoms with E-state index in [-0.39, 0.29) is 5.91 Å². The zero-order chi connectivity index (χ0) is 18.7. The Bertz CT molecular complexity index is 781. The van der Waals surface area contributed by atoms with E-state index in [1.165, 1.54) is 0 Å². The number of aryl methyl sites for hydroxylation is 2. The van der Waals surface area contributed by atoms with E-state index in [9.17, 15) is 4.79 Å². The molecule has 1 aliphatic rings. The van der Waals surface area contributed by atoms with Crippen LogP contribution in [0.25, 0.3) is 0 Å². The van der Waals surface area contributed by atoms with Gasteiger partial charge in [-0.3, -0.25) is 4.79 Å². The molecule has 0 bridgehead atoms. The van der Waals surface area contributed by atoms with Gasteiger partial charge in [-0.05, 0) is 32.0 Å². The van der Waals surface area contributed by atoms with Crippen LogP contribution in [0.15, 0.2) is 24.3 Å². The zero-order valence-corrected chi connectivity index (χ0v) is 15.7. The number of ether oxygens (including phenoxy) is 2. The third-order valence-electron chi connectivity index (χ3n) is 4.47. The van der Waals surface area contributed by atoms with Gasteiger partial charge >= 0.3 is 0 Å². The number of hydrogen-bond donors (Lipinski definition) is 0. The molecule has 0 saturated carbocycles. The van der Waals surface area contributed by atoms with Crippen molar-refractivity contribution >= 4 is 11.7 Å². The first-order valence-electron chi connectivity index (χ1n) is 8.60. The van der Waals surface area contributed by atoms with Crippen molar-refractivity contribution in [3.05, 3.63) is 41.3 Å². The fourth-order valence-corrected chi connectivity index (χ4v) is 3.15. The second-order valence-corrected chi connectivity index (χ2v) is 6.26. The van der Waals surface area contributed by atoms with E-state index in [0.717, 1.165) is 30.4 Å². The molecule has 1 aromatic carbocycles. The van der Waals surface area contributed by atoms with Gasteiger partial charge in [-0.1, -0.05) is 0 Å². The van der Waals surface area contributed by atoms with E-state index in [0.29, 0.717) is 30.2 Å². The molecule has 0 aliphatic carbocycles. The first kappa shape index (κ1) is 18.0. The Morgan fingerprint density at radius 3 is 2.27 bits per heavy atom. The van der Waals surface area contributed by atoms with Gasteiger partial charge in [-0.2, -0.15) is 0 Å². The number of carbonyl (C=O) groups excluding carboxylic acids is 1. The summed E-state index contributed by atoms with van der Waals surface area (Å²) in [7, 11) is 3.14. The average Bonchev–Trinajstić information content (AvgIpc) is 2.66. The molecule has 0 radical (unpaired) electrons. The van der Waals surface area contributed by atoms with Crippen molar-refractivity contribution in [3.63, 3.8) is 0 Å². The van der Waals surface area contributed by atoms with Crippen LogP contribution in [0.5, 0.6) is 11.5 Å². The van der Waals surface area contributed by atoms with Crippen LogP contribution < -0.4 is 14.4 Å². The summed E-state index contributed by atoms with van der Waals surface area (Å²) in [6, 6.07) is 7.24. The number of anilines is 1. The second-order valence-electron chi connectivity index (χ2n) is 6.26. The number of amides is 1. The first-order valence-corrected chi connectivity index (χ1v) is 8.60. The van der Waals surface area contributed by atoms with Crippen LogP contribution >= 0.6 is 0 Å². The number of hydrogen-bond acceptors (Lipinski definition) is 6. The van der Waals surface area contributed by atoms with Gasteiger partial charge in [-0.15, -0.1) is 0 Å². The minimum Gasteiger partial charge on any atom is -0.493 e. The van der Waals surface area contributed by atoms with Gasteiger partial charge in [0.1, 0.15) is 11.6 Å². The fourth-order valence-electron chi connectivity index (χ4n) is 3.15. The Labute approximate surface area is 153 Å². The zero-order valence-electron chi connectivity index (χ0n) is 15.7. The molecule has 0 atom stereocenters. The summed E-state index contributed by atoms with van der Waals surface area (Å²) in [6.07, 6.45) is 0. The summed E-state index contributed by atoms with van der Waals surface area (Å²) in [5.74, 6) is 2.87. The van der Waals surface area contributed by atoms with E-state index < -0.39 is 0 Å². The molecule has 7 heteroatoms. The van der Waals surface area contributed by atoms with Gasteiger partial charge < -0.3 is 19.3 Å². The standard InChI is InChI=1S/C19H24N4O3/c1-13-11-18(21-14(2)20-13)22-7-9-23(10-8-22)19(24)15-5-6-16(25-3)17(12-15)26-4/h5-6,11-12H,7-10H2,1-4H3. The van der Waals surface area contributed by atoms with Gasteiger partial charge in [0.2, 0.25) is 0 Å². The quantitative estimate of drug-likeness (QED) is 0.835. The van der Waals surface area contributed by atoms with Crippen LogP contribution in [0, 0.1) is 13.8 Å². The van der Waals surface area contributed by atoms with Gasteiger partial charge in [0.15, 0.2) is 11.5 Å². The number of aromatic nitrogens is 2. The number of methoxy groups -OCH3 is 2. The molecule has 1 aromatic heterocycles. The molecule has 1 fully saturated rings. The Balaban J connectivity index is 1.68. The van der Waals surface area contributed by atoms with Crippen LogP contribution in [0.3, 0.4) is 0 Å². The predicted octanol–water partition coefficient (Wildman–Crippen LogP) is 2.07. The molecule has 0 spiro atoms. The van der Waals surface area contributed by atoms with Crippen molar-refractivity contribution in [3.8, 4) is 11.5 Å². The van der Waals surface area contributed by atoms with Crippen molar-refractivity contribution in [1.82, 2.24) is 14.9 Å². The number of rotatable bonds is 4. The minimum absolute atomic E-state index is 0.000603. The van der Waals surface area contributed by atoms with Crippen LogP contribution in [-0.2, 0) is 0 Å². The fraction of sp³-hybridized carbons (Fsp3) is 0.421. The number of nitrogens with zero attached hydrogens (tertiary/aromatic N) is 4. The predicted molar refractivity (Wildman–Crippen MR) is 99.2 cm³/mol. The number of piperazine rings is 1. The monoisotopic (exact) mass is 356 g/mol. The van der Waals surface area contributed by atoms with Crippen molar-refractivity contribution < 1.29 is 14.3 Å². The van der Waals surface area contributed by atoms with E-state index in [1.807, 2.05) is 24.8 Å². The Kier molecular flexibility index (Phi) is 5.25. The molecule has 1 aliphatic heterocycles. The molecular formula is C19H24N4O3. The van der Waals surface area contributed by atoms with Crippen LogP contribution in [-0.4, -0.2) is 61.2 Å². The maximum absolute atomic E-state index is 12.8. The molecule has 1 amide bonds. The van der Waals surface area contributed by atoms with Crippen LogP contribution in [0.4, 0.5) is 5.82 Å². The molecule has 138 valence electrons. The summed E-state index contributed by atoms with van der Waals surface area (Å²) >= 11 is 0. The van der Waals surface area contributed by atoms with E-state index >= 15 is 0 Å². The third-order valence-corrected chi connectivity index (χ3v) is 4.47. The van der Waals surface area contributed by atoms with Crippen molar-refractivity contribution in [1.29, 1.82) is 0 Å². The molecule has 7 nitrogen and oxygen atoms in total. The SMILES string of the molecule is COc1ccc(C(=O)N2CCN(c3cc(C)nc(C)n3)CC2)cc1OC. The smallest absolute Gasteiger partial charge is 0.254 e. The maximum Gasteiger partial charge on any atom is 0.254 e. The molecule has 26 heavy (non-hydrogen) atoms. The normalized spacial score (nSPS) is 14.3. The first-order chi connectivity index (χ1) is 12.5. The Hall–Kier alpha value is -2.83. The summed E-state index contributed by atoms with van der Waals surface area (Å²) in [4.78, 5) is 25.7. The van der Waals surface area contributed by atoms with E-state index in [1.54, 1.807) is 32.4 Å². The topological polar surface area (TPSA) is 67.8 Å². The Morgan fingerprint density at radius 1 is 0.962 bits per heavy atom. The molecule has 0 N–H and O–H groups in total. The minimum atomic E-state index is 0.000603. The molecular weight excluding hydrogens is 332 g/mol. The Morgan fingerprint density at radius 2 is 1.65 bits per heavy atom. The lowest BCUT2D eigenvalue weighted by molar-refractivity contribution is 0.0746. The van der Waals surface area contributed by atoms with Crippen LogP contribution in [0.2, 0.25) is 0 Å². The highest BCUT2D eigenvalue weighted by Gasteiger charge is 2.24. The summed E-state index contributed by atoms with van der Waals surface area (Å²) in [5.41, 5.74) is 1.56. The third kappa shape index (κ3) is 3.71. The van der Waals surface area contributed by atoms with Crippen molar-refractivity contribution in [2.24, 2.45) is 0 Å². The van der Waals surface area contributed by atoms with Gasteiger partial charge in [0.05, 0.1) is 14.2 Å². The van der Waals surface area contributed by atoms with E-state index in [2.05, 4.69) is 14.9 Å². The summed E-state index contributed by atoms with van der Waals surface area (Å²) in [5, 5.41) is 0. The summed E-state index contributed by atoms with van der Waals surface area (Å²) in [6.45, 7) is 6.65. The highest BCUT2D eigenvalue weighted by molar-refractivity contribution is 5.95. The van der Waals surface area contributed by atoms with Crippen molar-refractivity contribution in [2.75, 3.05) is 45.3 Å². The maximum atomic E-state index is 12.8. The molecule has 0 unspecified atom stereocenters. The second kappa shape index (κ2) is 7.59. The number of benzene rings is 1. The molecule has 2 aromatic rings. The largest absolute Gasteiger partial charge is 0.493 e. The lowest BCUT2D eigenvalue weighted by Crippen LogP contribution is -2.49. The molecule has 3 rings (SSSR count). The summed E-state index contributed by atoms with van der Waals surface area (Å²) < 4.78 is 10.5. The van der Waals surface area contributed by atoms with Crippen molar-refractivity contribution in [2.45, 2.75) is 13.8 Å². The molecule has 2 heterocycles. The van der Waals surface area contributed by atoms with Gasteiger partial charge in [-0.25, -0.2) is 9.97 Å². The number of carbonyl (C=O) groups is 1. The lowest BCUT2D eigenvalue weighted by Gasteiger charge is -2.35.